The average Bonchev–Trinajstić information content (AvgIpc) is 3.78. The molecule has 9 aromatic carbocycles. The molecule has 1 aliphatic heterocycles. The van der Waals surface area contributed by atoms with Gasteiger partial charge in [0.15, 0.2) is 0 Å². The first-order chi connectivity index (χ1) is 29.5. The maximum absolute atomic E-state index is 5.16. The zero-order valence-corrected chi connectivity index (χ0v) is 33.5. The smallest absolute Gasteiger partial charge is 0.134 e. The van der Waals surface area contributed by atoms with E-state index in [1.54, 1.807) is 0 Å². The van der Waals surface area contributed by atoms with Gasteiger partial charge in [0.05, 0.1) is 22.8 Å². The molecular weight excluding hydrogens is 727 g/mol. The molecule has 0 spiro atoms. The van der Waals surface area contributed by atoms with E-state index in [4.69, 9.17) is 4.99 Å². The zero-order valence-electron chi connectivity index (χ0n) is 33.5. The van der Waals surface area contributed by atoms with Gasteiger partial charge in [0.2, 0.25) is 0 Å². The minimum atomic E-state index is -0.252. The molecule has 0 saturated carbocycles. The first-order valence-corrected chi connectivity index (χ1v) is 20.9. The van der Waals surface area contributed by atoms with Gasteiger partial charge in [0.25, 0.3) is 0 Å². The highest BCUT2D eigenvalue weighted by molar-refractivity contribution is 6.21. The second kappa shape index (κ2) is 13.3. The Balaban J connectivity index is 0.990. The second-order valence-electron chi connectivity index (χ2n) is 16.7. The molecule has 3 heteroatoms. The highest BCUT2D eigenvalue weighted by atomic mass is 15.0. The number of nitrogens with zero attached hydrogens (tertiary/aromatic N) is 2. The minimum Gasteiger partial charge on any atom is -0.359 e. The van der Waals surface area contributed by atoms with Gasteiger partial charge in [-0.15, -0.1) is 0 Å². The van der Waals surface area contributed by atoms with E-state index in [0.29, 0.717) is 0 Å². The van der Waals surface area contributed by atoms with E-state index >= 15 is 0 Å². The summed E-state index contributed by atoms with van der Waals surface area (Å²) < 4.78 is 2.53. The largest absolute Gasteiger partial charge is 0.359 e. The summed E-state index contributed by atoms with van der Waals surface area (Å²) in [6.07, 6.45) is 2.22. The van der Waals surface area contributed by atoms with Crippen LogP contribution in [-0.2, 0) is 5.41 Å². The summed E-state index contributed by atoms with van der Waals surface area (Å²) in [6, 6.07) is 70.6. The van der Waals surface area contributed by atoms with Gasteiger partial charge in [0, 0.05) is 27.4 Å². The third-order valence-corrected chi connectivity index (χ3v) is 13.0. The molecule has 0 bridgehead atoms. The molecule has 60 heavy (non-hydrogen) atoms. The Hall–Kier alpha value is -7.49. The van der Waals surface area contributed by atoms with Crippen molar-refractivity contribution < 1.29 is 0 Å². The van der Waals surface area contributed by atoms with E-state index < -0.39 is 0 Å². The van der Waals surface area contributed by atoms with Crippen molar-refractivity contribution >= 4 is 54.9 Å². The van der Waals surface area contributed by atoms with Crippen LogP contribution in [0.25, 0.3) is 77.0 Å². The topological polar surface area (TPSA) is 29.3 Å². The Morgan fingerprint density at radius 2 is 1.10 bits per heavy atom. The fourth-order valence-electron chi connectivity index (χ4n) is 10.3. The molecule has 1 unspecified atom stereocenters. The van der Waals surface area contributed by atoms with Gasteiger partial charge in [0.1, 0.15) is 5.84 Å². The summed E-state index contributed by atoms with van der Waals surface area (Å²) >= 11 is 0. The highest BCUT2D eigenvalue weighted by Gasteiger charge is 2.41. The van der Waals surface area contributed by atoms with Gasteiger partial charge in [-0.05, 0) is 90.3 Å². The third-order valence-electron chi connectivity index (χ3n) is 13.0. The fourth-order valence-corrected chi connectivity index (χ4v) is 10.3. The van der Waals surface area contributed by atoms with Crippen molar-refractivity contribution in [3.05, 3.63) is 228 Å². The Morgan fingerprint density at radius 1 is 0.483 bits per heavy atom. The standard InChI is InChI=1S/C57H41N3/c1-57(2)53-46-26-12-10-23-43(46)42-22-9-11-25-45(42)52(53)48-33-32-47-44-24-13-14-27-51(44)60(55(47)54(48)57)41-21-15-20-40(34-41)36-28-30-39(31-29-36)56-58-49(37-16-5-3-6-17-37)35-50(59-56)38-18-7-4-8-19-38/h3-35,49H,1-2H3,(H,58,59). The second-order valence-corrected chi connectivity index (χ2v) is 16.7. The first-order valence-electron chi connectivity index (χ1n) is 20.9. The van der Waals surface area contributed by atoms with Crippen molar-refractivity contribution in [2.45, 2.75) is 25.3 Å². The van der Waals surface area contributed by atoms with Crippen molar-refractivity contribution in [3.8, 4) is 27.9 Å². The van der Waals surface area contributed by atoms with Crippen LogP contribution in [0.5, 0.6) is 0 Å². The molecule has 0 fully saturated rings. The predicted molar refractivity (Wildman–Crippen MR) is 252 cm³/mol. The van der Waals surface area contributed by atoms with Crippen molar-refractivity contribution in [1.82, 2.24) is 9.88 Å². The SMILES string of the molecule is CC1(C)c2c(c3ccccc3c3ccccc23)-c2ccc3c4ccccc4n(-c4cccc(-c5ccc(C6=NC(c7ccccc7)=CC(c7ccccc7)N6)cc5)c4)c3c21. The molecule has 1 aromatic heterocycles. The first kappa shape index (κ1) is 34.5. The number of amidine groups is 1. The van der Waals surface area contributed by atoms with E-state index in [-0.39, 0.29) is 11.5 Å². The molecule has 2 heterocycles. The van der Waals surface area contributed by atoms with Gasteiger partial charge in [-0.2, -0.15) is 0 Å². The van der Waals surface area contributed by atoms with E-state index in [2.05, 4.69) is 224 Å². The normalized spacial score (nSPS) is 15.5. The van der Waals surface area contributed by atoms with Gasteiger partial charge in [-0.3, -0.25) is 0 Å². The lowest BCUT2D eigenvalue weighted by Gasteiger charge is -2.25. The summed E-state index contributed by atoms with van der Waals surface area (Å²) in [7, 11) is 0. The summed E-state index contributed by atoms with van der Waals surface area (Å²) in [6.45, 7) is 4.87. The Morgan fingerprint density at radius 3 is 1.87 bits per heavy atom. The van der Waals surface area contributed by atoms with E-state index in [0.717, 1.165) is 33.9 Å². The Labute approximate surface area is 349 Å². The van der Waals surface area contributed by atoms with Crippen LogP contribution >= 0.6 is 0 Å². The van der Waals surface area contributed by atoms with Crippen LogP contribution in [0.3, 0.4) is 0 Å². The van der Waals surface area contributed by atoms with E-state index in [9.17, 15) is 0 Å². The molecule has 1 N–H and O–H groups in total. The number of rotatable bonds is 5. The lowest BCUT2D eigenvalue weighted by Crippen LogP contribution is -2.31. The number of nitrogens with one attached hydrogen (secondary N) is 1. The quantitative estimate of drug-likeness (QED) is 0.174. The molecule has 284 valence electrons. The van der Waals surface area contributed by atoms with Crippen LogP contribution in [0.15, 0.2) is 205 Å². The number of aliphatic imine (C=N–C) groups is 1. The molecule has 0 saturated heterocycles. The fraction of sp³-hybridized carbons (Fsp3) is 0.0702. The Bertz CT molecular complexity index is 3400. The molecule has 1 aliphatic carbocycles. The van der Waals surface area contributed by atoms with Crippen molar-refractivity contribution in [2.75, 3.05) is 0 Å². The molecule has 0 amide bonds. The third kappa shape index (κ3) is 5.19. The van der Waals surface area contributed by atoms with E-state index in [1.165, 1.54) is 76.7 Å². The summed E-state index contributed by atoms with van der Waals surface area (Å²) in [5.41, 5.74) is 15.6. The summed E-state index contributed by atoms with van der Waals surface area (Å²) in [5.74, 6) is 0.869. The highest BCUT2D eigenvalue weighted by Crippen LogP contribution is 2.57. The van der Waals surface area contributed by atoms with Gasteiger partial charge < -0.3 is 9.88 Å². The van der Waals surface area contributed by atoms with Gasteiger partial charge in [-0.25, -0.2) is 4.99 Å². The monoisotopic (exact) mass is 767 g/mol. The van der Waals surface area contributed by atoms with Crippen LogP contribution < -0.4 is 5.32 Å². The number of benzene rings is 9. The average molecular weight is 768 g/mol. The molecule has 12 rings (SSSR count). The predicted octanol–water partition coefficient (Wildman–Crippen LogP) is 14.2. The molecular formula is C57H41N3. The molecule has 10 aromatic rings. The number of aromatic nitrogens is 1. The van der Waals surface area contributed by atoms with Crippen molar-refractivity contribution in [3.63, 3.8) is 0 Å². The van der Waals surface area contributed by atoms with Gasteiger partial charge in [-0.1, -0.05) is 190 Å². The molecule has 1 atom stereocenters. The van der Waals surface area contributed by atoms with Crippen molar-refractivity contribution in [2.24, 2.45) is 4.99 Å². The number of fused-ring (bicyclic) bond motifs is 12. The summed E-state index contributed by atoms with van der Waals surface area (Å²) in [5, 5.41) is 11.6. The van der Waals surface area contributed by atoms with Gasteiger partial charge >= 0.3 is 0 Å². The number of hydrogen-bond acceptors (Lipinski definition) is 2. The number of hydrogen-bond donors (Lipinski definition) is 1. The Kier molecular flexibility index (Phi) is 7.64. The minimum absolute atomic E-state index is 0.00754. The van der Waals surface area contributed by atoms with Crippen LogP contribution in [-0.4, -0.2) is 10.4 Å². The van der Waals surface area contributed by atoms with Crippen LogP contribution in [0.1, 0.15) is 47.7 Å². The van der Waals surface area contributed by atoms with Crippen LogP contribution in [0, 0.1) is 0 Å². The molecule has 2 aliphatic rings. The zero-order chi connectivity index (χ0) is 40.0. The number of para-hydroxylation sites is 1. The maximum atomic E-state index is 5.16. The van der Waals surface area contributed by atoms with Crippen molar-refractivity contribution in [1.29, 1.82) is 0 Å². The maximum Gasteiger partial charge on any atom is 0.134 e. The van der Waals surface area contributed by atoms with E-state index in [1.807, 2.05) is 0 Å². The lowest BCUT2D eigenvalue weighted by atomic mass is 9.78. The molecule has 3 nitrogen and oxygen atoms in total. The van der Waals surface area contributed by atoms with Crippen LogP contribution in [0.2, 0.25) is 0 Å². The lowest BCUT2D eigenvalue weighted by molar-refractivity contribution is 0.670. The van der Waals surface area contributed by atoms with Crippen LogP contribution in [0.4, 0.5) is 0 Å². The summed E-state index contributed by atoms with van der Waals surface area (Å²) in [4.78, 5) is 5.16. The molecule has 0 radical (unpaired) electrons.